The van der Waals surface area contributed by atoms with E-state index >= 15 is 0 Å². The molecule has 134 valence electrons. The zero-order valence-electron chi connectivity index (χ0n) is 15.0. The number of para-hydroxylation sites is 1. The minimum absolute atomic E-state index is 0.277. The van der Waals surface area contributed by atoms with Gasteiger partial charge in [-0.05, 0) is 38.0 Å². The zero-order chi connectivity index (χ0) is 17.8. The van der Waals surface area contributed by atoms with Crippen LogP contribution in [0.15, 0.2) is 59.1 Å². The summed E-state index contributed by atoms with van der Waals surface area (Å²) < 4.78 is 11.5. The Morgan fingerprint density at radius 3 is 2.65 bits per heavy atom. The smallest absolute Gasteiger partial charge is 0.241 e. The van der Waals surface area contributed by atoms with Gasteiger partial charge in [0.15, 0.2) is 0 Å². The molecule has 0 N–H and O–H groups in total. The molecule has 26 heavy (non-hydrogen) atoms. The van der Waals surface area contributed by atoms with E-state index in [0.29, 0.717) is 18.3 Å². The maximum absolute atomic E-state index is 6.05. The van der Waals surface area contributed by atoms with Gasteiger partial charge >= 0.3 is 0 Å². The Labute approximate surface area is 153 Å². The summed E-state index contributed by atoms with van der Waals surface area (Å²) in [5.41, 5.74) is 2.18. The highest BCUT2D eigenvalue weighted by Crippen LogP contribution is 2.21. The molecule has 0 unspecified atom stereocenters. The van der Waals surface area contributed by atoms with Crippen LogP contribution in [0.3, 0.4) is 0 Å². The Morgan fingerprint density at radius 2 is 1.88 bits per heavy atom. The fraction of sp³-hybridized carbons (Fsp3) is 0.333. The van der Waals surface area contributed by atoms with E-state index in [2.05, 4.69) is 34.1 Å². The standard InChI is InChI=1S/C21H23N3O2/c1-16-6-5-7-17(14-16)21-22-20(26-23-21)15-24-12-10-19(11-13-24)25-18-8-3-2-4-9-18/h2-9,14,19H,10-13,15H2,1H3. The molecule has 2 aromatic carbocycles. The Balaban J connectivity index is 1.31. The van der Waals surface area contributed by atoms with Crippen molar-refractivity contribution in [1.29, 1.82) is 0 Å². The molecule has 0 spiro atoms. The normalized spacial score (nSPS) is 15.9. The molecule has 5 heteroatoms. The van der Waals surface area contributed by atoms with Gasteiger partial charge in [-0.15, -0.1) is 0 Å². The fourth-order valence-corrected chi connectivity index (χ4v) is 3.29. The van der Waals surface area contributed by atoms with Gasteiger partial charge in [-0.25, -0.2) is 0 Å². The molecule has 1 aliphatic rings. The third kappa shape index (κ3) is 4.11. The molecule has 0 saturated carbocycles. The Morgan fingerprint density at radius 1 is 1.08 bits per heavy atom. The minimum Gasteiger partial charge on any atom is -0.490 e. The van der Waals surface area contributed by atoms with Gasteiger partial charge in [0.1, 0.15) is 11.9 Å². The summed E-state index contributed by atoms with van der Waals surface area (Å²) in [6.45, 7) is 4.70. The Hall–Kier alpha value is -2.66. The molecule has 1 aromatic heterocycles. The van der Waals surface area contributed by atoms with Gasteiger partial charge in [-0.1, -0.05) is 47.1 Å². The Kier molecular flexibility index (Phi) is 4.97. The number of aryl methyl sites for hydroxylation is 1. The SMILES string of the molecule is Cc1cccc(-c2noc(CN3CCC(Oc4ccccc4)CC3)n2)c1. The number of aromatic nitrogens is 2. The lowest BCUT2D eigenvalue weighted by atomic mass is 10.1. The highest BCUT2D eigenvalue weighted by molar-refractivity contribution is 5.55. The molecule has 0 atom stereocenters. The van der Waals surface area contributed by atoms with Gasteiger partial charge in [0.25, 0.3) is 0 Å². The summed E-state index contributed by atoms with van der Waals surface area (Å²) in [6, 6.07) is 18.2. The summed E-state index contributed by atoms with van der Waals surface area (Å²) in [7, 11) is 0. The first kappa shape index (κ1) is 16.8. The average molecular weight is 349 g/mol. The van der Waals surface area contributed by atoms with E-state index in [4.69, 9.17) is 9.26 Å². The topological polar surface area (TPSA) is 51.4 Å². The molecule has 5 nitrogen and oxygen atoms in total. The van der Waals surface area contributed by atoms with Crippen molar-refractivity contribution in [3.05, 3.63) is 66.1 Å². The third-order valence-corrected chi connectivity index (χ3v) is 4.68. The van der Waals surface area contributed by atoms with Crippen LogP contribution in [0.25, 0.3) is 11.4 Å². The van der Waals surface area contributed by atoms with E-state index in [9.17, 15) is 0 Å². The second-order valence-corrected chi connectivity index (χ2v) is 6.79. The summed E-state index contributed by atoms with van der Waals surface area (Å²) >= 11 is 0. The van der Waals surface area contributed by atoms with Crippen LogP contribution in [-0.2, 0) is 6.54 Å². The predicted molar refractivity (Wildman–Crippen MR) is 99.8 cm³/mol. The highest BCUT2D eigenvalue weighted by Gasteiger charge is 2.22. The summed E-state index contributed by atoms with van der Waals surface area (Å²) in [5, 5.41) is 4.13. The second kappa shape index (κ2) is 7.70. The molecular weight excluding hydrogens is 326 g/mol. The van der Waals surface area contributed by atoms with Crippen molar-refractivity contribution in [3.63, 3.8) is 0 Å². The van der Waals surface area contributed by atoms with Crippen LogP contribution in [0.1, 0.15) is 24.3 Å². The number of nitrogens with zero attached hydrogens (tertiary/aromatic N) is 3. The largest absolute Gasteiger partial charge is 0.490 e. The molecule has 1 aliphatic heterocycles. The van der Waals surface area contributed by atoms with Gasteiger partial charge in [0, 0.05) is 18.7 Å². The summed E-state index contributed by atoms with van der Waals surface area (Å²) in [6.07, 6.45) is 2.29. The molecule has 0 bridgehead atoms. The molecule has 0 amide bonds. The highest BCUT2D eigenvalue weighted by atomic mass is 16.5. The molecule has 0 aliphatic carbocycles. The molecular formula is C21H23N3O2. The number of likely N-dealkylation sites (tertiary alicyclic amines) is 1. The number of hydrogen-bond acceptors (Lipinski definition) is 5. The van der Waals surface area contributed by atoms with Crippen molar-refractivity contribution >= 4 is 0 Å². The number of hydrogen-bond donors (Lipinski definition) is 0. The molecule has 0 radical (unpaired) electrons. The first-order valence-electron chi connectivity index (χ1n) is 9.10. The van der Waals surface area contributed by atoms with E-state index in [1.807, 2.05) is 42.5 Å². The van der Waals surface area contributed by atoms with Crippen molar-refractivity contribution in [2.24, 2.45) is 0 Å². The van der Waals surface area contributed by atoms with Gasteiger partial charge in [0.2, 0.25) is 11.7 Å². The van der Waals surface area contributed by atoms with Crippen molar-refractivity contribution in [2.75, 3.05) is 13.1 Å². The maximum Gasteiger partial charge on any atom is 0.241 e. The van der Waals surface area contributed by atoms with Gasteiger partial charge in [0.05, 0.1) is 6.54 Å². The van der Waals surface area contributed by atoms with Gasteiger partial charge in [-0.3, -0.25) is 4.90 Å². The summed E-state index contributed by atoms with van der Waals surface area (Å²) in [5.74, 6) is 2.28. The van der Waals surface area contributed by atoms with E-state index < -0.39 is 0 Å². The minimum atomic E-state index is 0.277. The predicted octanol–water partition coefficient (Wildman–Crippen LogP) is 4.09. The zero-order valence-corrected chi connectivity index (χ0v) is 15.0. The first-order valence-corrected chi connectivity index (χ1v) is 9.10. The van der Waals surface area contributed by atoms with Crippen LogP contribution in [0.4, 0.5) is 0 Å². The second-order valence-electron chi connectivity index (χ2n) is 6.79. The van der Waals surface area contributed by atoms with Crippen LogP contribution < -0.4 is 4.74 Å². The van der Waals surface area contributed by atoms with Crippen molar-refractivity contribution in [2.45, 2.75) is 32.4 Å². The van der Waals surface area contributed by atoms with E-state index in [-0.39, 0.29) is 6.10 Å². The molecule has 4 rings (SSSR count). The molecule has 1 saturated heterocycles. The number of rotatable bonds is 5. The van der Waals surface area contributed by atoms with E-state index in [1.165, 1.54) is 5.56 Å². The monoisotopic (exact) mass is 349 g/mol. The van der Waals surface area contributed by atoms with Crippen molar-refractivity contribution in [3.8, 4) is 17.1 Å². The van der Waals surface area contributed by atoms with E-state index in [0.717, 1.165) is 37.2 Å². The number of piperidine rings is 1. The lowest BCUT2D eigenvalue weighted by Crippen LogP contribution is -2.37. The maximum atomic E-state index is 6.05. The van der Waals surface area contributed by atoms with Crippen LogP contribution >= 0.6 is 0 Å². The van der Waals surface area contributed by atoms with Crippen LogP contribution in [-0.4, -0.2) is 34.2 Å². The first-order chi connectivity index (χ1) is 12.8. The van der Waals surface area contributed by atoms with Gasteiger partial charge in [-0.2, -0.15) is 4.98 Å². The molecule has 2 heterocycles. The quantitative estimate of drug-likeness (QED) is 0.694. The van der Waals surface area contributed by atoms with Gasteiger partial charge < -0.3 is 9.26 Å². The average Bonchev–Trinajstić information content (AvgIpc) is 3.13. The van der Waals surface area contributed by atoms with Crippen LogP contribution in [0.5, 0.6) is 5.75 Å². The van der Waals surface area contributed by atoms with Crippen LogP contribution in [0, 0.1) is 6.92 Å². The van der Waals surface area contributed by atoms with Crippen molar-refractivity contribution < 1.29 is 9.26 Å². The summed E-state index contributed by atoms with van der Waals surface area (Å²) in [4.78, 5) is 6.90. The number of ether oxygens (including phenoxy) is 1. The fourth-order valence-electron chi connectivity index (χ4n) is 3.29. The molecule has 3 aromatic rings. The Bertz CT molecular complexity index is 839. The molecule has 1 fully saturated rings. The third-order valence-electron chi connectivity index (χ3n) is 4.68. The van der Waals surface area contributed by atoms with E-state index in [1.54, 1.807) is 0 Å². The lowest BCUT2D eigenvalue weighted by molar-refractivity contribution is 0.0904. The number of benzene rings is 2. The van der Waals surface area contributed by atoms with Crippen molar-refractivity contribution in [1.82, 2.24) is 15.0 Å². The lowest BCUT2D eigenvalue weighted by Gasteiger charge is -2.31. The van der Waals surface area contributed by atoms with Crippen LogP contribution in [0.2, 0.25) is 0 Å².